The number of aliphatic hydroxyl groups is 1. The van der Waals surface area contributed by atoms with Crippen molar-refractivity contribution < 1.29 is 54.2 Å². The smallest absolute Gasteiger partial charge is 0.440 e. The number of fused-ring (bicyclic) bond motifs is 1. The van der Waals surface area contributed by atoms with Crippen molar-refractivity contribution in [2.24, 2.45) is 12.1 Å². The van der Waals surface area contributed by atoms with Gasteiger partial charge in [0.25, 0.3) is 0 Å². The number of carbonyl (C=O) groups excluding carboxylic acids is 1. The van der Waals surface area contributed by atoms with Crippen LogP contribution in [0.25, 0.3) is 45.0 Å². The van der Waals surface area contributed by atoms with Crippen LogP contribution < -0.4 is 9.47 Å². The first-order chi connectivity index (χ1) is 23.9. The molecule has 5 aromatic rings. The summed E-state index contributed by atoms with van der Waals surface area (Å²) in [6.07, 6.45) is -3.04. The highest BCUT2D eigenvalue weighted by Crippen LogP contribution is 2.47. The lowest BCUT2D eigenvalue weighted by atomic mass is 9.93. The van der Waals surface area contributed by atoms with Gasteiger partial charge in [-0.25, -0.2) is 17.8 Å². The summed E-state index contributed by atoms with van der Waals surface area (Å²) in [5.74, 6) is -6.61. The number of nitrogens with zero attached hydrogens (tertiary/aromatic N) is 5. The topological polar surface area (TPSA) is 149 Å². The normalized spacial score (nSPS) is 14.9. The molecule has 0 aliphatic carbocycles. The van der Waals surface area contributed by atoms with E-state index in [0.29, 0.717) is 5.01 Å². The Morgan fingerprint density at radius 1 is 0.980 bits per heavy atom. The first kappa shape index (κ1) is 33.9. The molecule has 0 unspecified atom stereocenters. The highest BCUT2D eigenvalue weighted by Gasteiger charge is 2.53. The number of hydrazone groups is 1. The van der Waals surface area contributed by atoms with Crippen molar-refractivity contribution in [3.63, 3.8) is 0 Å². The molecule has 2 aliphatic heterocycles. The number of hydrogen-bond donors (Lipinski definition) is 1. The highest BCUT2D eigenvalue weighted by molar-refractivity contribution is 7.90. The van der Waals surface area contributed by atoms with Gasteiger partial charge >= 0.3 is 12.2 Å². The molecule has 1 amide bonds. The van der Waals surface area contributed by atoms with Crippen LogP contribution in [0, 0.1) is 12.7 Å². The number of sulfone groups is 1. The quantitative estimate of drug-likeness (QED) is 0.190. The van der Waals surface area contributed by atoms with Gasteiger partial charge in [-0.3, -0.25) is 9.48 Å². The second-order valence-corrected chi connectivity index (χ2v) is 13.7. The fourth-order valence-corrected chi connectivity index (χ4v) is 6.72. The molecule has 0 radical (unpaired) electrons. The second-order valence-electron chi connectivity index (χ2n) is 11.7. The largest absolute Gasteiger partial charge is 0.586 e. The summed E-state index contributed by atoms with van der Waals surface area (Å²) in [5, 5.41) is 17.7. The molecule has 0 fully saturated rings. The van der Waals surface area contributed by atoms with E-state index in [2.05, 4.69) is 24.7 Å². The molecule has 12 nitrogen and oxygen atoms in total. The van der Waals surface area contributed by atoms with Gasteiger partial charge in [0.2, 0.25) is 11.7 Å². The van der Waals surface area contributed by atoms with Crippen molar-refractivity contribution >= 4 is 21.6 Å². The monoisotopic (exact) mass is 729 g/mol. The predicted molar refractivity (Wildman–Crippen MR) is 169 cm³/mol. The number of rotatable bonds is 8. The van der Waals surface area contributed by atoms with Gasteiger partial charge in [-0.2, -0.15) is 18.9 Å². The van der Waals surface area contributed by atoms with E-state index in [-0.39, 0.29) is 62.4 Å². The number of benzene rings is 3. The van der Waals surface area contributed by atoms with Crippen LogP contribution in [-0.2, 0) is 34.2 Å². The number of alkyl halides is 4. The summed E-state index contributed by atoms with van der Waals surface area (Å²) in [4.78, 5) is 15.6. The minimum Gasteiger partial charge on any atom is -0.440 e. The second kappa shape index (κ2) is 11.5. The van der Waals surface area contributed by atoms with E-state index >= 15 is 13.2 Å². The number of oxazole rings is 1. The number of amidine groups is 1. The zero-order chi connectivity index (χ0) is 36.8. The maximum Gasteiger partial charge on any atom is 0.586 e. The Morgan fingerprint density at radius 2 is 1.69 bits per heavy atom. The number of aryl methyl sites for hydroxylation is 2. The molecule has 264 valence electrons. The van der Waals surface area contributed by atoms with E-state index < -0.39 is 62.4 Å². The Labute approximate surface area is 285 Å². The fourth-order valence-electron chi connectivity index (χ4n) is 5.77. The Hall–Kier alpha value is -5.62. The minimum atomic E-state index is -4.01. The standard InChI is InChI=1S/C33H24F5N5O7S/c1-15-39-29(18-6-8-25-26(11-18)50-33(37,38)49-25)30(48-15)21-9-17(19-10-23(34)22(14-44)27(12-19)51(4,46)47)5-7-20(21)24-13-28(40-42(24)3)32(35,36)31-41-43(31)16(2)45/h5-13,44H,14H2,1-4H3. The van der Waals surface area contributed by atoms with Crippen molar-refractivity contribution in [1.29, 1.82) is 0 Å². The van der Waals surface area contributed by atoms with Crippen LogP contribution in [0.3, 0.4) is 0 Å². The molecular formula is C33H24F5N5O7S. The van der Waals surface area contributed by atoms with E-state index in [1.165, 1.54) is 56.4 Å². The van der Waals surface area contributed by atoms with Gasteiger partial charge in [0.05, 0.1) is 17.2 Å². The maximum atomic E-state index is 15.4. The SMILES string of the molecule is CC(=O)N1N=C1C(F)(F)c1cc(-c2ccc(-c3cc(F)c(CO)c(S(C)(=O)=O)c3)cc2-c2oc(C)nc2-c2ccc3c(c2)OC(F)(F)O3)n(C)n1. The Morgan fingerprint density at radius 3 is 2.35 bits per heavy atom. The summed E-state index contributed by atoms with van der Waals surface area (Å²) in [7, 11) is -2.61. The van der Waals surface area contributed by atoms with Crippen LogP contribution in [0.1, 0.15) is 24.1 Å². The third-order valence-corrected chi connectivity index (χ3v) is 9.29. The number of amides is 1. The van der Waals surface area contributed by atoms with Crippen molar-refractivity contribution in [3.05, 3.63) is 77.6 Å². The van der Waals surface area contributed by atoms with Crippen LogP contribution in [-0.4, -0.2) is 57.6 Å². The Bertz CT molecular complexity index is 2440. The third kappa shape index (κ3) is 5.89. The molecule has 1 N–H and O–H groups in total. The summed E-state index contributed by atoms with van der Waals surface area (Å²) in [6, 6.07) is 11.7. The molecule has 0 bridgehead atoms. The molecule has 18 heteroatoms. The van der Waals surface area contributed by atoms with Crippen LogP contribution in [0.5, 0.6) is 11.5 Å². The lowest BCUT2D eigenvalue weighted by Crippen LogP contribution is -2.28. The third-order valence-electron chi connectivity index (χ3n) is 8.13. The van der Waals surface area contributed by atoms with E-state index in [0.717, 1.165) is 30.0 Å². The van der Waals surface area contributed by atoms with Crippen LogP contribution in [0.2, 0.25) is 0 Å². The molecule has 2 aliphatic rings. The van der Waals surface area contributed by atoms with Gasteiger partial charge in [0, 0.05) is 49.4 Å². The molecule has 3 aromatic carbocycles. The van der Waals surface area contributed by atoms with E-state index in [4.69, 9.17) is 4.42 Å². The number of hydrogen-bond acceptors (Lipinski definition) is 10. The van der Waals surface area contributed by atoms with E-state index in [9.17, 15) is 27.1 Å². The lowest BCUT2D eigenvalue weighted by molar-refractivity contribution is -0.286. The number of ether oxygens (including phenoxy) is 2. The number of halogens is 5. The number of aromatic nitrogens is 3. The average molecular weight is 730 g/mol. The van der Waals surface area contributed by atoms with E-state index in [1.807, 2.05) is 0 Å². The maximum absolute atomic E-state index is 15.4. The van der Waals surface area contributed by atoms with Crippen LogP contribution in [0.4, 0.5) is 22.0 Å². The molecular weight excluding hydrogens is 705 g/mol. The molecule has 2 aromatic heterocycles. The fraction of sp³-hybridized carbons (Fsp3) is 0.212. The molecule has 7 rings (SSSR count). The predicted octanol–water partition coefficient (Wildman–Crippen LogP) is 6.01. The summed E-state index contributed by atoms with van der Waals surface area (Å²) in [5.41, 5.74) is 0.0366. The van der Waals surface area contributed by atoms with Crippen molar-refractivity contribution in [2.45, 2.75) is 37.6 Å². The first-order valence-electron chi connectivity index (χ1n) is 14.9. The Kier molecular flexibility index (Phi) is 7.61. The highest BCUT2D eigenvalue weighted by atomic mass is 32.2. The van der Waals surface area contributed by atoms with Gasteiger partial charge in [0.1, 0.15) is 17.2 Å². The number of carbonyl (C=O) groups is 1. The summed E-state index contributed by atoms with van der Waals surface area (Å²) < 4.78 is 115. The average Bonchev–Trinajstić information content (AvgIpc) is 3.52. The Balaban J connectivity index is 1.43. The molecule has 0 saturated carbocycles. The molecule has 0 saturated heterocycles. The first-order valence-corrected chi connectivity index (χ1v) is 16.8. The molecule has 0 spiro atoms. The van der Waals surface area contributed by atoms with Gasteiger partial charge < -0.3 is 19.0 Å². The number of aliphatic hydroxyl groups excluding tert-OH is 1. The van der Waals surface area contributed by atoms with Crippen molar-refractivity contribution in [1.82, 2.24) is 19.8 Å². The van der Waals surface area contributed by atoms with Gasteiger partial charge in [-0.15, -0.1) is 13.9 Å². The zero-order valence-electron chi connectivity index (χ0n) is 26.8. The summed E-state index contributed by atoms with van der Waals surface area (Å²) >= 11 is 0. The molecule has 4 heterocycles. The van der Waals surface area contributed by atoms with Crippen molar-refractivity contribution in [2.75, 3.05) is 6.26 Å². The minimum absolute atomic E-state index is 0.0228. The molecule has 51 heavy (non-hydrogen) atoms. The summed E-state index contributed by atoms with van der Waals surface area (Å²) in [6.45, 7) is 1.71. The van der Waals surface area contributed by atoms with Gasteiger partial charge in [-0.05, 0) is 53.6 Å². The van der Waals surface area contributed by atoms with Gasteiger partial charge in [0.15, 0.2) is 33.0 Å². The van der Waals surface area contributed by atoms with Crippen LogP contribution >= 0.6 is 0 Å². The lowest BCUT2D eigenvalue weighted by Gasteiger charge is -2.14. The molecule has 0 atom stereocenters. The van der Waals surface area contributed by atoms with Gasteiger partial charge in [-0.1, -0.05) is 12.1 Å². The zero-order valence-corrected chi connectivity index (χ0v) is 27.7. The van der Waals surface area contributed by atoms with E-state index in [1.54, 1.807) is 0 Å². The van der Waals surface area contributed by atoms with Crippen molar-refractivity contribution in [3.8, 4) is 56.5 Å². The van der Waals surface area contributed by atoms with Crippen LogP contribution in [0.15, 0.2) is 69.0 Å².